The average Bonchev–Trinajstić information content (AvgIpc) is 3.55. The molecule has 1 aliphatic carbocycles. The number of hydrogen-bond donors (Lipinski definition) is 0. The molecule has 0 spiro atoms. The Morgan fingerprint density at radius 3 is 2.17 bits per heavy atom. The quantitative estimate of drug-likeness (QED) is 0.143. The molecule has 0 nitrogen and oxygen atoms in total. The van der Waals surface area contributed by atoms with Crippen LogP contribution in [0, 0.1) is 0 Å². The minimum atomic E-state index is -3.97. The maximum atomic E-state index is 7.89. The second-order valence-electron chi connectivity index (χ2n) is 12.8. The second kappa shape index (κ2) is 12.0. The molecule has 0 amide bonds. The van der Waals surface area contributed by atoms with Crippen LogP contribution in [0.15, 0.2) is 78.4 Å². The summed E-state index contributed by atoms with van der Waals surface area (Å²) >= 11 is -3.97. The molecule has 1 aliphatic heterocycles. The second-order valence-corrected chi connectivity index (χ2v) is 28.7. The van der Waals surface area contributed by atoms with E-state index in [9.17, 15) is 0 Å². The van der Waals surface area contributed by atoms with Gasteiger partial charge in [0, 0.05) is 0 Å². The fourth-order valence-electron chi connectivity index (χ4n) is 7.22. The van der Waals surface area contributed by atoms with E-state index in [-0.39, 0.29) is 3.63 Å². The molecule has 0 bridgehead atoms. The van der Waals surface area contributed by atoms with Crippen LogP contribution < -0.4 is 13.6 Å². The summed E-state index contributed by atoms with van der Waals surface area (Å²) in [5.74, 6) is 0.956. The minimum absolute atomic E-state index is 0.124. The van der Waals surface area contributed by atoms with Crippen LogP contribution in [0.2, 0.25) is 0 Å². The van der Waals surface area contributed by atoms with Crippen LogP contribution in [0.25, 0.3) is 28.3 Å². The van der Waals surface area contributed by atoms with Gasteiger partial charge < -0.3 is 0 Å². The van der Waals surface area contributed by atoms with Crippen molar-refractivity contribution in [3.05, 3.63) is 106 Å². The molecule has 0 radical (unpaired) electrons. The van der Waals surface area contributed by atoms with Gasteiger partial charge in [0.15, 0.2) is 0 Å². The monoisotopic (exact) mass is 686 g/mol. The van der Waals surface area contributed by atoms with Crippen LogP contribution in [0.3, 0.4) is 0 Å². The van der Waals surface area contributed by atoms with Gasteiger partial charge in [0.2, 0.25) is 0 Å². The van der Waals surface area contributed by atoms with Gasteiger partial charge >= 0.3 is 269 Å². The first-order valence-corrected chi connectivity index (χ1v) is 26.1. The maximum absolute atomic E-state index is 7.89. The Kier molecular flexibility index (Phi) is 8.67. The van der Waals surface area contributed by atoms with Crippen LogP contribution in [0.5, 0.6) is 0 Å². The van der Waals surface area contributed by atoms with E-state index in [1.807, 2.05) is 0 Å². The van der Waals surface area contributed by atoms with Gasteiger partial charge in [-0.15, -0.1) is 0 Å². The van der Waals surface area contributed by atoms with Crippen LogP contribution in [0.4, 0.5) is 0 Å². The Hall–Kier alpha value is -1.70. The number of allylic oxidation sites excluding steroid dienone is 1. The SMILES string of the molecule is CCCc1ccc2c(c1-c1cc(C(C)C)cc(C(C)C)c1)C=C(CC)[CH]2[Zr]([Cl])([Cl])[c]1cccc2c1[SiH2]c1ccccc1-2. The summed E-state index contributed by atoms with van der Waals surface area (Å²) in [5.41, 5.74) is 13.9. The van der Waals surface area contributed by atoms with Gasteiger partial charge in [-0.3, -0.25) is 0 Å². The summed E-state index contributed by atoms with van der Waals surface area (Å²) in [4.78, 5) is 0. The molecule has 6 rings (SSSR count). The molecule has 0 saturated carbocycles. The summed E-state index contributed by atoms with van der Waals surface area (Å²) in [5, 5.41) is 3.02. The molecular formula is C38H42Cl2SiZr. The van der Waals surface area contributed by atoms with Crippen LogP contribution in [-0.2, 0) is 24.3 Å². The van der Waals surface area contributed by atoms with Crippen LogP contribution >= 0.6 is 17.0 Å². The van der Waals surface area contributed by atoms with Crippen molar-refractivity contribution in [3.63, 3.8) is 0 Å². The molecule has 0 aromatic heterocycles. The fourth-order valence-corrected chi connectivity index (χ4v) is 24.2. The Bertz CT molecular complexity index is 1670. The molecule has 4 heteroatoms. The molecule has 0 N–H and O–H groups in total. The summed E-state index contributed by atoms with van der Waals surface area (Å²) in [6.07, 6.45) is 5.64. The van der Waals surface area contributed by atoms with Gasteiger partial charge in [0.25, 0.3) is 0 Å². The fraction of sp³-hybridized carbons (Fsp3) is 0.316. The van der Waals surface area contributed by atoms with E-state index in [0.29, 0.717) is 11.8 Å². The van der Waals surface area contributed by atoms with Gasteiger partial charge in [-0.05, 0) is 0 Å². The molecule has 0 fully saturated rings. The van der Waals surface area contributed by atoms with Gasteiger partial charge in [0.05, 0.1) is 0 Å². The number of benzene rings is 4. The van der Waals surface area contributed by atoms with Crippen molar-refractivity contribution in [3.8, 4) is 22.3 Å². The van der Waals surface area contributed by atoms with Crippen molar-refractivity contribution in [2.45, 2.75) is 76.3 Å². The number of rotatable bonds is 8. The first-order chi connectivity index (χ1) is 20.1. The third-order valence-corrected chi connectivity index (χ3v) is 23.8. The third kappa shape index (κ3) is 5.19. The normalized spacial score (nSPS) is 16.2. The predicted molar refractivity (Wildman–Crippen MR) is 186 cm³/mol. The van der Waals surface area contributed by atoms with Gasteiger partial charge in [-0.1, -0.05) is 0 Å². The summed E-state index contributed by atoms with van der Waals surface area (Å²) < 4.78 is 1.44. The van der Waals surface area contributed by atoms with Crippen molar-refractivity contribution in [2.24, 2.45) is 0 Å². The first-order valence-electron chi connectivity index (χ1n) is 15.8. The van der Waals surface area contributed by atoms with E-state index in [1.165, 1.54) is 69.3 Å². The zero-order valence-electron chi connectivity index (χ0n) is 25.8. The van der Waals surface area contributed by atoms with Crippen molar-refractivity contribution < 1.29 is 17.9 Å². The van der Waals surface area contributed by atoms with Gasteiger partial charge in [-0.25, -0.2) is 0 Å². The van der Waals surface area contributed by atoms with E-state index in [0.717, 1.165) is 19.3 Å². The van der Waals surface area contributed by atoms with Crippen LogP contribution in [-0.4, -0.2) is 9.52 Å². The topological polar surface area (TPSA) is 0 Å². The van der Waals surface area contributed by atoms with Crippen molar-refractivity contribution >= 4 is 46.3 Å². The zero-order valence-corrected chi connectivity index (χ0v) is 31.2. The Balaban J connectivity index is 1.54. The number of hydrogen-bond acceptors (Lipinski definition) is 0. The Labute approximate surface area is 266 Å². The standard InChI is InChI=1S/C26H33.C12H9Si.2ClH.Zr/c1-7-9-20-10-11-21-12-19(8-2)13-25(21)26(20)24-15-22(17(3)4)14-23(16-24)18(5)6;1-3-7-11-9(5-1)10-6-2-4-8-12(10)13-11;;;/h10-18H,7-9H2,1-6H3;1-7H,13H2;2*1H;/q;;;;+2/p-2. The molecule has 42 heavy (non-hydrogen) atoms. The summed E-state index contributed by atoms with van der Waals surface area (Å²) in [6, 6.07) is 27.8. The summed E-state index contributed by atoms with van der Waals surface area (Å²) in [7, 11) is 15.2. The van der Waals surface area contributed by atoms with Crippen molar-refractivity contribution in [1.82, 2.24) is 0 Å². The predicted octanol–water partition coefficient (Wildman–Crippen LogP) is 9.29. The molecule has 4 aromatic rings. The number of fused-ring (bicyclic) bond motifs is 4. The Morgan fingerprint density at radius 1 is 0.810 bits per heavy atom. The molecule has 0 saturated heterocycles. The zero-order chi connectivity index (χ0) is 29.8. The number of aryl methyl sites for hydroxylation is 1. The molecule has 2 aliphatic rings. The third-order valence-electron chi connectivity index (χ3n) is 9.48. The first kappa shape index (κ1) is 30.3. The van der Waals surface area contributed by atoms with Crippen LogP contribution in [0.1, 0.15) is 97.7 Å². The molecule has 4 aromatic carbocycles. The number of halogens is 2. The molecule has 1 atom stereocenters. The molecule has 216 valence electrons. The van der Waals surface area contributed by atoms with E-state index in [4.69, 9.17) is 17.0 Å². The van der Waals surface area contributed by atoms with E-state index >= 15 is 0 Å². The molecular weight excluding hydrogens is 647 g/mol. The summed E-state index contributed by atoms with van der Waals surface area (Å²) in [6.45, 7) is 13.8. The molecule has 1 heterocycles. The van der Waals surface area contributed by atoms with E-state index in [1.54, 1.807) is 0 Å². The van der Waals surface area contributed by atoms with E-state index in [2.05, 4.69) is 120 Å². The van der Waals surface area contributed by atoms with Crippen molar-refractivity contribution in [2.75, 3.05) is 0 Å². The molecule has 1 unspecified atom stereocenters. The van der Waals surface area contributed by atoms with Crippen molar-refractivity contribution in [1.29, 1.82) is 0 Å². The Morgan fingerprint density at radius 2 is 1.50 bits per heavy atom. The van der Waals surface area contributed by atoms with E-state index < -0.39 is 27.4 Å². The average molecular weight is 689 g/mol. The van der Waals surface area contributed by atoms with Gasteiger partial charge in [-0.2, -0.15) is 0 Å². The van der Waals surface area contributed by atoms with Gasteiger partial charge in [0.1, 0.15) is 0 Å².